The van der Waals surface area contributed by atoms with Crippen LogP contribution < -0.4 is 0 Å². The number of benzene rings is 14. The van der Waals surface area contributed by atoms with Gasteiger partial charge in [-0.3, -0.25) is 0 Å². The van der Waals surface area contributed by atoms with Gasteiger partial charge in [0.15, 0.2) is 17.5 Å². The molecular formula is C87H56N6. The highest BCUT2D eigenvalue weighted by atomic mass is 15.0. The van der Waals surface area contributed by atoms with Crippen molar-refractivity contribution in [2.45, 2.75) is 0 Å². The minimum Gasteiger partial charge on any atom is -0.309 e. The molecule has 0 fully saturated rings. The Labute approximate surface area is 537 Å². The van der Waals surface area contributed by atoms with Crippen molar-refractivity contribution in [3.63, 3.8) is 0 Å². The number of hydrogen-bond donors (Lipinski definition) is 0. The molecule has 0 bridgehead atoms. The van der Waals surface area contributed by atoms with Crippen LogP contribution in [0.25, 0.3) is 172 Å². The SMILES string of the molecule is c1ccc(-c2ccc(-c3nc(-c4cc(-c5ccccc5)cc(-c5ccccc5)c4)nc(-c4cc(-c5ccccc5)c(-n5c6ccc(-n7c8ccccc8c8ccccc87)cc6c6ccc(-n7c8ccccc8c8ccccc87)cc65)c(-c5ccccc5)c4)n3)cc2)cc1. The third-order valence-electron chi connectivity index (χ3n) is 18.5. The fourth-order valence-electron chi connectivity index (χ4n) is 14.2. The highest BCUT2D eigenvalue weighted by Gasteiger charge is 2.26. The van der Waals surface area contributed by atoms with E-state index in [9.17, 15) is 0 Å². The van der Waals surface area contributed by atoms with Crippen LogP contribution in [0.2, 0.25) is 0 Å². The Kier molecular flexibility index (Phi) is 12.8. The van der Waals surface area contributed by atoms with Crippen molar-refractivity contribution in [3.8, 4) is 107 Å². The fourth-order valence-corrected chi connectivity index (χ4v) is 14.2. The standard InChI is InChI=1S/C87H56N6/c1-6-24-57(25-7-1)60-42-44-63(45-43-60)85-88-86(66-51-64(58-26-8-2-9-27-58)50-65(52-66)59-28-10-3-11-29-59)90-87(89-85)67-53-75(61-30-12-4-13-31-61)84(76(54-67)62-32-14-5-15-33-62)93-82-49-47-68(91-78-38-20-16-34-70(78)71-35-17-21-39-79(71)91)55-77(82)74-48-46-69(56-83(74)93)92-80-40-22-18-36-72(80)73-37-19-23-41-81(73)92/h1-56H. The summed E-state index contributed by atoms with van der Waals surface area (Å²) >= 11 is 0. The first-order chi connectivity index (χ1) is 46.1. The monoisotopic (exact) mass is 1180 g/mol. The van der Waals surface area contributed by atoms with Crippen molar-refractivity contribution in [1.82, 2.24) is 28.7 Å². The Hall–Kier alpha value is -12.5. The molecule has 0 saturated heterocycles. The maximum Gasteiger partial charge on any atom is 0.164 e. The maximum atomic E-state index is 5.63. The van der Waals surface area contributed by atoms with Gasteiger partial charge in [-0.15, -0.1) is 0 Å². The van der Waals surface area contributed by atoms with Crippen molar-refractivity contribution >= 4 is 65.4 Å². The highest BCUT2D eigenvalue weighted by Crippen LogP contribution is 2.46. The van der Waals surface area contributed by atoms with E-state index in [1.807, 2.05) is 0 Å². The summed E-state index contributed by atoms with van der Waals surface area (Å²) < 4.78 is 7.39. The van der Waals surface area contributed by atoms with E-state index in [0.717, 1.165) is 133 Å². The molecule has 0 spiro atoms. The molecule has 0 amide bonds. The molecule has 0 aliphatic rings. The van der Waals surface area contributed by atoms with E-state index in [4.69, 9.17) is 15.0 Å². The van der Waals surface area contributed by atoms with E-state index in [2.05, 4.69) is 353 Å². The molecule has 6 nitrogen and oxygen atoms in total. The van der Waals surface area contributed by atoms with E-state index in [-0.39, 0.29) is 0 Å². The highest BCUT2D eigenvalue weighted by molar-refractivity contribution is 6.15. The first-order valence-corrected chi connectivity index (χ1v) is 31.7. The fraction of sp³-hybridized carbons (Fsp3) is 0. The molecule has 14 aromatic carbocycles. The third kappa shape index (κ3) is 9.22. The molecule has 434 valence electrons. The molecule has 0 unspecified atom stereocenters. The van der Waals surface area contributed by atoms with Gasteiger partial charge < -0.3 is 13.7 Å². The normalized spacial score (nSPS) is 11.7. The van der Waals surface area contributed by atoms with Crippen LogP contribution in [-0.4, -0.2) is 28.7 Å². The Morgan fingerprint density at radius 3 is 0.935 bits per heavy atom. The lowest BCUT2D eigenvalue weighted by Crippen LogP contribution is -2.04. The Bertz CT molecular complexity index is 5670. The number of para-hydroxylation sites is 4. The summed E-state index contributed by atoms with van der Waals surface area (Å²) in [5, 5.41) is 7.15. The summed E-state index contributed by atoms with van der Waals surface area (Å²) in [6.45, 7) is 0. The van der Waals surface area contributed by atoms with Gasteiger partial charge in [0.05, 0.1) is 38.8 Å². The number of aromatic nitrogens is 6. The van der Waals surface area contributed by atoms with Gasteiger partial charge in [-0.25, -0.2) is 15.0 Å². The Morgan fingerprint density at radius 2 is 0.484 bits per heavy atom. The molecule has 0 aliphatic heterocycles. The summed E-state index contributed by atoms with van der Waals surface area (Å²) in [5.41, 5.74) is 23.3. The van der Waals surface area contributed by atoms with Crippen molar-refractivity contribution in [2.24, 2.45) is 0 Å². The molecule has 6 heteroatoms. The minimum absolute atomic E-state index is 0.557. The van der Waals surface area contributed by atoms with Crippen LogP contribution in [0.1, 0.15) is 0 Å². The molecule has 4 heterocycles. The van der Waals surface area contributed by atoms with Gasteiger partial charge >= 0.3 is 0 Å². The quantitative estimate of drug-likeness (QED) is 0.130. The summed E-state index contributed by atoms with van der Waals surface area (Å²) in [6, 6.07) is 122. The lowest BCUT2D eigenvalue weighted by atomic mass is 9.92. The molecule has 0 radical (unpaired) electrons. The van der Waals surface area contributed by atoms with Crippen molar-refractivity contribution < 1.29 is 0 Å². The summed E-state index contributed by atoms with van der Waals surface area (Å²) in [7, 11) is 0. The van der Waals surface area contributed by atoms with Crippen molar-refractivity contribution in [1.29, 1.82) is 0 Å². The average Bonchev–Trinajstić information content (AvgIpc) is 1.59. The average molecular weight is 1190 g/mol. The Balaban J connectivity index is 0.924. The smallest absolute Gasteiger partial charge is 0.164 e. The van der Waals surface area contributed by atoms with Crippen LogP contribution >= 0.6 is 0 Å². The van der Waals surface area contributed by atoms with Gasteiger partial charge in [0.2, 0.25) is 0 Å². The number of hydrogen-bond acceptors (Lipinski definition) is 3. The number of nitrogens with zero attached hydrogens (tertiary/aromatic N) is 6. The van der Waals surface area contributed by atoms with Crippen LogP contribution in [0.15, 0.2) is 340 Å². The summed E-state index contributed by atoms with van der Waals surface area (Å²) in [5.74, 6) is 1.70. The van der Waals surface area contributed by atoms with Crippen LogP contribution in [-0.2, 0) is 0 Å². The van der Waals surface area contributed by atoms with Gasteiger partial charge in [0.25, 0.3) is 0 Å². The van der Waals surface area contributed by atoms with E-state index in [1.54, 1.807) is 0 Å². The predicted molar refractivity (Wildman–Crippen MR) is 386 cm³/mol. The zero-order chi connectivity index (χ0) is 61.3. The second kappa shape index (κ2) is 22.2. The van der Waals surface area contributed by atoms with Crippen molar-refractivity contribution in [3.05, 3.63) is 340 Å². The molecule has 0 N–H and O–H groups in total. The van der Waals surface area contributed by atoms with Gasteiger partial charge in [-0.05, 0) is 129 Å². The summed E-state index contributed by atoms with van der Waals surface area (Å²) in [4.78, 5) is 16.6. The van der Waals surface area contributed by atoms with Crippen LogP contribution in [0, 0.1) is 0 Å². The Morgan fingerprint density at radius 1 is 0.172 bits per heavy atom. The second-order valence-electron chi connectivity index (χ2n) is 23.9. The first kappa shape index (κ1) is 53.5. The van der Waals surface area contributed by atoms with E-state index in [0.29, 0.717) is 17.5 Å². The van der Waals surface area contributed by atoms with Gasteiger partial charge in [0, 0.05) is 71.5 Å². The topological polar surface area (TPSA) is 53.5 Å². The molecule has 0 saturated carbocycles. The minimum atomic E-state index is 0.557. The predicted octanol–water partition coefficient (Wildman–Crippen LogP) is 22.5. The zero-order valence-corrected chi connectivity index (χ0v) is 50.5. The molecule has 18 aromatic rings. The van der Waals surface area contributed by atoms with Crippen molar-refractivity contribution in [2.75, 3.05) is 0 Å². The lowest BCUT2D eigenvalue weighted by Gasteiger charge is -2.21. The van der Waals surface area contributed by atoms with Crippen LogP contribution in [0.5, 0.6) is 0 Å². The number of rotatable bonds is 11. The first-order valence-electron chi connectivity index (χ1n) is 31.7. The van der Waals surface area contributed by atoms with E-state index >= 15 is 0 Å². The molecule has 18 rings (SSSR count). The zero-order valence-electron chi connectivity index (χ0n) is 50.5. The molecular weight excluding hydrogens is 1130 g/mol. The lowest BCUT2D eigenvalue weighted by molar-refractivity contribution is 1.07. The van der Waals surface area contributed by atoms with Crippen LogP contribution in [0.4, 0.5) is 0 Å². The second-order valence-corrected chi connectivity index (χ2v) is 23.9. The summed E-state index contributed by atoms with van der Waals surface area (Å²) in [6.07, 6.45) is 0. The third-order valence-corrected chi connectivity index (χ3v) is 18.5. The van der Waals surface area contributed by atoms with Crippen LogP contribution in [0.3, 0.4) is 0 Å². The van der Waals surface area contributed by atoms with Gasteiger partial charge in [-0.2, -0.15) is 0 Å². The molecule has 4 aromatic heterocycles. The van der Waals surface area contributed by atoms with E-state index < -0.39 is 0 Å². The molecule has 93 heavy (non-hydrogen) atoms. The number of fused-ring (bicyclic) bond motifs is 9. The molecule has 0 atom stereocenters. The van der Waals surface area contributed by atoms with E-state index in [1.165, 1.54) is 21.5 Å². The van der Waals surface area contributed by atoms with Gasteiger partial charge in [0.1, 0.15) is 0 Å². The molecule has 0 aliphatic carbocycles. The van der Waals surface area contributed by atoms with Gasteiger partial charge in [-0.1, -0.05) is 255 Å². The largest absolute Gasteiger partial charge is 0.309 e. The maximum absolute atomic E-state index is 5.63.